The fourth-order valence-corrected chi connectivity index (χ4v) is 0.951. The Hall–Kier alpha value is -1.62. The molecule has 0 fully saturated rings. The van der Waals surface area contributed by atoms with Gasteiger partial charge >= 0.3 is 6.09 Å². The van der Waals surface area contributed by atoms with Crippen LogP contribution in [0, 0.1) is 0 Å². The van der Waals surface area contributed by atoms with Crippen LogP contribution >= 0.6 is 0 Å². The minimum atomic E-state index is -0.608. The lowest BCUT2D eigenvalue weighted by Gasteiger charge is -2.19. The number of carbonyl (C=O) groups is 1. The van der Waals surface area contributed by atoms with Gasteiger partial charge in [-0.1, -0.05) is 6.07 Å². The number of carbonyl (C=O) groups excluding carboxylic acids is 1. The van der Waals surface area contributed by atoms with Gasteiger partial charge in [0.2, 0.25) is 0 Å². The molecule has 5 heteroatoms. The van der Waals surface area contributed by atoms with Crippen LogP contribution in [0.25, 0.3) is 0 Å². The molecule has 16 heavy (non-hydrogen) atoms. The quantitative estimate of drug-likeness (QED) is 0.798. The molecule has 0 spiro atoms. The van der Waals surface area contributed by atoms with Gasteiger partial charge in [0.05, 0.1) is 5.69 Å². The van der Waals surface area contributed by atoms with Gasteiger partial charge < -0.3 is 4.74 Å². The topological polar surface area (TPSA) is 60.5 Å². The molecule has 1 amide bonds. The van der Waals surface area contributed by atoms with Crippen LogP contribution in [0.4, 0.5) is 4.79 Å². The second kappa shape index (κ2) is 5.46. The van der Waals surface area contributed by atoms with E-state index in [0.29, 0.717) is 0 Å². The maximum atomic E-state index is 11.2. The van der Waals surface area contributed by atoms with E-state index in [9.17, 15) is 4.79 Å². The first-order valence-electron chi connectivity index (χ1n) is 4.98. The smallest absolute Gasteiger partial charge is 0.431 e. The summed E-state index contributed by atoms with van der Waals surface area (Å²) in [4.78, 5) is 20.1. The standard InChI is InChI=1S/C11H16N2O3/c1-11(2,3)16-10(14)13-15-8-9-6-4-5-7-12-9/h4-7H,8H2,1-3H3,(H,13,14). The van der Waals surface area contributed by atoms with Crippen LogP contribution in [-0.2, 0) is 16.2 Å². The van der Waals surface area contributed by atoms with Gasteiger partial charge in [0.15, 0.2) is 0 Å². The molecule has 1 aromatic rings. The summed E-state index contributed by atoms with van der Waals surface area (Å²) in [6.45, 7) is 5.56. The Kier molecular flexibility index (Phi) is 4.25. The first kappa shape index (κ1) is 12.4. The van der Waals surface area contributed by atoms with Crippen LogP contribution < -0.4 is 5.48 Å². The van der Waals surface area contributed by atoms with Crippen molar-refractivity contribution in [1.82, 2.24) is 10.5 Å². The SMILES string of the molecule is CC(C)(C)OC(=O)NOCc1ccccn1. The minimum Gasteiger partial charge on any atom is -0.442 e. The maximum absolute atomic E-state index is 11.2. The van der Waals surface area contributed by atoms with E-state index in [1.165, 1.54) is 0 Å². The summed E-state index contributed by atoms with van der Waals surface area (Å²) in [5.74, 6) is 0. The third kappa shape index (κ3) is 5.31. The Morgan fingerprint density at radius 2 is 2.19 bits per heavy atom. The highest BCUT2D eigenvalue weighted by molar-refractivity contribution is 5.66. The van der Waals surface area contributed by atoms with E-state index in [2.05, 4.69) is 10.5 Å². The number of hydroxylamine groups is 1. The summed E-state index contributed by atoms with van der Waals surface area (Å²) in [5, 5.41) is 0. The molecule has 1 aromatic heterocycles. The highest BCUT2D eigenvalue weighted by atomic mass is 16.7. The predicted molar refractivity (Wildman–Crippen MR) is 58.4 cm³/mol. The van der Waals surface area contributed by atoms with Crippen molar-refractivity contribution in [3.63, 3.8) is 0 Å². The average Bonchev–Trinajstić information content (AvgIpc) is 2.16. The zero-order valence-electron chi connectivity index (χ0n) is 9.69. The third-order valence-corrected chi connectivity index (χ3v) is 1.50. The van der Waals surface area contributed by atoms with Gasteiger partial charge in [-0.25, -0.2) is 4.79 Å². The van der Waals surface area contributed by atoms with E-state index in [4.69, 9.17) is 9.57 Å². The van der Waals surface area contributed by atoms with Crippen molar-refractivity contribution in [2.75, 3.05) is 0 Å². The van der Waals surface area contributed by atoms with E-state index < -0.39 is 11.7 Å². The van der Waals surface area contributed by atoms with Crippen LogP contribution in [0.15, 0.2) is 24.4 Å². The van der Waals surface area contributed by atoms with Gasteiger partial charge in [-0.05, 0) is 32.9 Å². The zero-order valence-corrected chi connectivity index (χ0v) is 9.69. The zero-order chi connectivity index (χ0) is 12.0. The third-order valence-electron chi connectivity index (χ3n) is 1.50. The summed E-state index contributed by atoms with van der Waals surface area (Å²) < 4.78 is 4.98. The van der Waals surface area contributed by atoms with Gasteiger partial charge in [-0.2, -0.15) is 5.48 Å². The fourth-order valence-electron chi connectivity index (χ4n) is 0.951. The number of pyridine rings is 1. The normalized spacial score (nSPS) is 10.9. The Balaban J connectivity index is 2.24. The molecule has 88 valence electrons. The van der Waals surface area contributed by atoms with Gasteiger partial charge in [-0.15, -0.1) is 0 Å². The monoisotopic (exact) mass is 224 g/mol. The van der Waals surface area contributed by atoms with Gasteiger partial charge in [0.25, 0.3) is 0 Å². The predicted octanol–water partition coefficient (Wildman–Crippen LogP) is 2.04. The first-order valence-corrected chi connectivity index (χ1v) is 4.98. The Morgan fingerprint density at radius 1 is 1.44 bits per heavy atom. The Bertz CT molecular complexity index is 333. The molecule has 1 N–H and O–H groups in total. The molecular weight excluding hydrogens is 208 g/mol. The van der Waals surface area contributed by atoms with Crippen molar-refractivity contribution in [3.8, 4) is 0 Å². The molecular formula is C11H16N2O3. The summed E-state index contributed by atoms with van der Waals surface area (Å²) >= 11 is 0. The van der Waals surface area contributed by atoms with Crippen LogP contribution in [0.5, 0.6) is 0 Å². The molecule has 1 rings (SSSR count). The largest absolute Gasteiger partial charge is 0.442 e. The van der Waals surface area contributed by atoms with Crippen molar-refractivity contribution < 1.29 is 14.4 Å². The summed E-state index contributed by atoms with van der Waals surface area (Å²) in [6.07, 6.45) is 1.05. The van der Waals surface area contributed by atoms with E-state index in [1.807, 2.05) is 12.1 Å². The van der Waals surface area contributed by atoms with Crippen LogP contribution in [-0.4, -0.2) is 16.7 Å². The van der Waals surface area contributed by atoms with Crippen LogP contribution in [0.1, 0.15) is 26.5 Å². The van der Waals surface area contributed by atoms with Crippen molar-refractivity contribution in [2.45, 2.75) is 33.0 Å². The first-order chi connectivity index (χ1) is 7.47. The number of ether oxygens (including phenoxy) is 1. The second-order valence-corrected chi connectivity index (χ2v) is 4.21. The van der Waals surface area contributed by atoms with E-state index in [-0.39, 0.29) is 6.61 Å². The van der Waals surface area contributed by atoms with Gasteiger partial charge in [-0.3, -0.25) is 9.82 Å². The highest BCUT2D eigenvalue weighted by Crippen LogP contribution is 2.06. The number of aromatic nitrogens is 1. The van der Waals surface area contributed by atoms with Gasteiger partial charge in [0, 0.05) is 6.20 Å². The number of amides is 1. The molecule has 0 aliphatic carbocycles. The molecule has 0 saturated carbocycles. The Morgan fingerprint density at radius 3 is 2.75 bits per heavy atom. The van der Waals surface area contributed by atoms with E-state index in [1.54, 1.807) is 33.0 Å². The van der Waals surface area contributed by atoms with Crippen molar-refractivity contribution in [3.05, 3.63) is 30.1 Å². The fraction of sp³-hybridized carbons (Fsp3) is 0.455. The lowest BCUT2D eigenvalue weighted by Crippen LogP contribution is -2.32. The lowest BCUT2D eigenvalue weighted by molar-refractivity contribution is -0.0144. The molecule has 0 radical (unpaired) electrons. The Labute approximate surface area is 94.7 Å². The van der Waals surface area contributed by atoms with E-state index >= 15 is 0 Å². The number of rotatable bonds is 3. The highest BCUT2D eigenvalue weighted by Gasteiger charge is 2.15. The van der Waals surface area contributed by atoms with Crippen LogP contribution in [0.3, 0.4) is 0 Å². The molecule has 0 aliphatic heterocycles. The molecule has 5 nitrogen and oxygen atoms in total. The van der Waals surface area contributed by atoms with Crippen molar-refractivity contribution in [1.29, 1.82) is 0 Å². The molecule has 0 atom stereocenters. The van der Waals surface area contributed by atoms with E-state index in [0.717, 1.165) is 5.69 Å². The van der Waals surface area contributed by atoms with Gasteiger partial charge in [0.1, 0.15) is 12.2 Å². The number of nitrogens with zero attached hydrogens (tertiary/aromatic N) is 1. The second-order valence-electron chi connectivity index (χ2n) is 4.21. The number of nitrogens with one attached hydrogen (secondary N) is 1. The molecule has 0 aromatic carbocycles. The summed E-state index contributed by atoms with van der Waals surface area (Å²) in [5.41, 5.74) is 2.39. The molecule has 0 unspecified atom stereocenters. The lowest BCUT2D eigenvalue weighted by atomic mass is 10.2. The van der Waals surface area contributed by atoms with Crippen LogP contribution in [0.2, 0.25) is 0 Å². The minimum absolute atomic E-state index is 0.208. The summed E-state index contributed by atoms with van der Waals surface area (Å²) in [7, 11) is 0. The molecule has 0 bridgehead atoms. The average molecular weight is 224 g/mol. The summed E-state index contributed by atoms with van der Waals surface area (Å²) in [6, 6.07) is 5.46. The molecule has 0 saturated heterocycles. The number of hydrogen-bond acceptors (Lipinski definition) is 4. The molecule has 0 aliphatic rings. The van der Waals surface area contributed by atoms with Crippen molar-refractivity contribution >= 4 is 6.09 Å². The van der Waals surface area contributed by atoms with Crippen molar-refractivity contribution in [2.24, 2.45) is 0 Å². The maximum Gasteiger partial charge on any atom is 0.431 e. The molecule has 1 heterocycles. The number of hydrogen-bond donors (Lipinski definition) is 1.